The molecule has 0 unspecified atom stereocenters. The Morgan fingerprint density at radius 3 is 2.85 bits per heavy atom. The van der Waals surface area contributed by atoms with Crippen LogP contribution in [-0.2, 0) is 24.3 Å². The average Bonchev–Trinajstić information content (AvgIpc) is 3.00. The second-order valence-electron chi connectivity index (χ2n) is 4.16. The Labute approximate surface area is 129 Å². The number of nitrogens with two attached hydrogens (primary N) is 1. The van der Waals surface area contributed by atoms with Gasteiger partial charge >= 0.3 is 5.97 Å². The van der Waals surface area contributed by atoms with E-state index in [4.69, 9.17) is 10.5 Å². The predicted molar refractivity (Wildman–Crippen MR) is 82.8 cm³/mol. The van der Waals surface area contributed by atoms with Crippen molar-refractivity contribution in [2.75, 3.05) is 5.73 Å². The molecule has 0 radical (unpaired) electrons. The van der Waals surface area contributed by atoms with Gasteiger partial charge in [-0.05, 0) is 40.7 Å². The molecular formula is C13H16BrN3O2S. The van der Waals surface area contributed by atoms with E-state index in [-0.39, 0.29) is 6.61 Å². The summed E-state index contributed by atoms with van der Waals surface area (Å²) in [6.07, 6.45) is 0.826. The Kier molecular flexibility index (Phi) is 4.82. The van der Waals surface area contributed by atoms with Crippen LogP contribution in [0.5, 0.6) is 0 Å². The summed E-state index contributed by atoms with van der Waals surface area (Å²) in [7, 11) is 0. The van der Waals surface area contributed by atoms with Crippen molar-refractivity contribution >= 4 is 38.9 Å². The topological polar surface area (TPSA) is 70.1 Å². The third-order valence-corrected chi connectivity index (χ3v) is 4.74. The average molecular weight is 358 g/mol. The van der Waals surface area contributed by atoms with Crippen LogP contribution in [0.4, 0.5) is 5.69 Å². The third kappa shape index (κ3) is 2.88. The lowest BCUT2D eigenvalue weighted by Gasteiger charge is -2.07. The van der Waals surface area contributed by atoms with E-state index in [2.05, 4.69) is 21.0 Å². The summed E-state index contributed by atoms with van der Waals surface area (Å²) in [6.45, 7) is 4.95. The minimum Gasteiger partial charge on any atom is -0.455 e. The van der Waals surface area contributed by atoms with Gasteiger partial charge in [0.05, 0.1) is 21.5 Å². The van der Waals surface area contributed by atoms with E-state index in [9.17, 15) is 4.79 Å². The molecular weight excluding hydrogens is 342 g/mol. The molecule has 0 bridgehead atoms. The quantitative estimate of drug-likeness (QED) is 0.833. The Hall–Kier alpha value is -1.34. The number of carbonyl (C=O) groups excluding carboxylic acids is 1. The SMILES string of the molecule is CCc1nn(CC)c(COC(=O)c2sccc2N)c1Br. The number of ether oxygens (including phenoxy) is 1. The highest BCUT2D eigenvalue weighted by Gasteiger charge is 2.18. The van der Waals surface area contributed by atoms with E-state index >= 15 is 0 Å². The minimum atomic E-state index is -0.397. The van der Waals surface area contributed by atoms with Crippen LogP contribution in [-0.4, -0.2) is 15.7 Å². The zero-order valence-electron chi connectivity index (χ0n) is 11.4. The molecule has 20 heavy (non-hydrogen) atoms. The van der Waals surface area contributed by atoms with Crippen molar-refractivity contribution in [1.82, 2.24) is 9.78 Å². The summed E-state index contributed by atoms with van der Waals surface area (Å²) in [5.41, 5.74) is 8.00. The molecule has 0 aliphatic rings. The van der Waals surface area contributed by atoms with Crippen molar-refractivity contribution in [3.63, 3.8) is 0 Å². The maximum absolute atomic E-state index is 12.0. The Morgan fingerprint density at radius 2 is 2.30 bits per heavy atom. The van der Waals surface area contributed by atoms with Crippen LogP contribution < -0.4 is 5.73 Å². The van der Waals surface area contributed by atoms with Gasteiger partial charge in [-0.25, -0.2) is 4.79 Å². The smallest absolute Gasteiger partial charge is 0.350 e. The molecule has 5 nitrogen and oxygen atoms in total. The zero-order chi connectivity index (χ0) is 14.7. The molecule has 0 saturated carbocycles. The summed E-state index contributed by atoms with van der Waals surface area (Å²) >= 11 is 4.80. The van der Waals surface area contributed by atoms with Gasteiger partial charge in [0.2, 0.25) is 0 Å². The highest BCUT2D eigenvalue weighted by molar-refractivity contribution is 9.10. The standard InChI is InChI=1S/C13H16BrN3O2S/c1-3-9-11(14)10(17(4-2)16-9)7-19-13(18)12-8(15)5-6-20-12/h5-6H,3-4,7,15H2,1-2H3. The number of aromatic nitrogens is 2. The van der Waals surface area contributed by atoms with Gasteiger partial charge < -0.3 is 10.5 Å². The molecule has 0 spiro atoms. The largest absolute Gasteiger partial charge is 0.455 e. The Balaban J connectivity index is 2.13. The molecule has 0 atom stereocenters. The summed E-state index contributed by atoms with van der Waals surface area (Å²) in [6, 6.07) is 1.70. The lowest BCUT2D eigenvalue weighted by Crippen LogP contribution is -2.10. The molecule has 0 aliphatic heterocycles. The van der Waals surface area contributed by atoms with Crippen molar-refractivity contribution in [2.45, 2.75) is 33.4 Å². The summed E-state index contributed by atoms with van der Waals surface area (Å²) < 4.78 is 8.09. The molecule has 2 aromatic rings. The van der Waals surface area contributed by atoms with Crippen LogP contribution >= 0.6 is 27.3 Å². The lowest BCUT2D eigenvalue weighted by molar-refractivity contribution is 0.0468. The highest BCUT2D eigenvalue weighted by Crippen LogP contribution is 2.25. The number of carbonyl (C=O) groups is 1. The van der Waals surface area contributed by atoms with Crippen molar-refractivity contribution in [2.24, 2.45) is 0 Å². The van der Waals surface area contributed by atoms with Gasteiger partial charge in [0.1, 0.15) is 11.5 Å². The lowest BCUT2D eigenvalue weighted by atomic mass is 10.3. The summed E-state index contributed by atoms with van der Waals surface area (Å²) in [4.78, 5) is 12.4. The molecule has 2 rings (SSSR count). The fourth-order valence-corrected chi connectivity index (χ4v) is 3.23. The van der Waals surface area contributed by atoms with Crippen molar-refractivity contribution in [3.05, 3.63) is 32.2 Å². The first kappa shape index (κ1) is 15.1. The number of thiophene rings is 1. The number of anilines is 1. The maximum atomic E-state index is 12.0. The van der Waals surface area contributed by atoms with Crippen molar-refractivity contribution in [1.29, 1.82) is 0 Å². The Bertz CT molecular complexity index is 621. The van der Waals surface area contributed by atoms with E-state index < -0.39 is 5.97 Å². The number of hydrogen-bond acceptors (Lipinski definition) is 5. The maximum Gasteiger partial charge on any atom is 0.350 e. The first-order chi connectivity index (χ1) is 9.58. The zero-order valence-corrected chi connectivity index (χ0v) is 13.8. The van der Waals surface area contributed by atoms with Crippen LogP contribution in [0.1, 0.15) is 34.9 Å². The molecule has 0 aromatic carbocycles. The van der Waals surface area contributed by atoms with Crippen LogP contribution in [0.3, 0.4) is 0 Å². The van der Waals surface area contributed by atoms with Gasteiger partial charge in [-0.2, -0.15) is 5.10 Å². The molecule has 0 saturated heterocycles. The van der Waals surface area contributed by atoms with Gasteiger partial charge in [0.15, 0.2) is 0 Å². The second-order valence-corrected chi connectivity index (χ2v) is 5.87. The second kappa shape index (κ2) is 6.41. The number of nitrogens with zero attached hydrogens (tertiary/aromatic N) is 2. The number of hydrogen-bond donors (Lipinski definition) is 1. The molecule has 108 valence electrons. The number of aryl methyl sites for hydroxylation is 2. The number of nitrogen functional groups attached to an aromatic ring is 1. The first-order valence-electron chi connectivity index (χ1n) is 6.32. The van der Waals surface area contributed by atoms with Gasteiger partial charge in [-0.15, -0.1) is 11.3 Å². The molecule has 0 amide bonds. The number of halogens is 1. The van der Waals surface area contributed by atoms with E-state index in [1.807, 2.05) is 18.5 Å². The fourth-order valence-electron chi connectivity index (χ4n) is 1.84. The van der Waals surface area contributed by atoms with E-state index in [1.54, 1.807) is 11.4 Å². The highest BCUT2D eigenvalue weighted by atomic mass is 79.9. The fraction of sp³-hybridized carbons (Fsp3) is 0.385. The van der Waals surface area contributed by atoms with Crippen LogP contribution in [0.15, 0.2) is 15.9 Å². The Morgan fingerprint density at radius 1 is 1.55 bits per heavy atom. The van der Waals surface area contributed by atoms with Crippen LogP contribution in [0.25, 0.3) is 0 Å². The third-order valence-electron chi connectivity index (χ3n) is 2.92. The summed E-state index contributed by atoms with van der Waals surface area (Å²) in [5, 5.41) is 6.23. The van der Waals surface area contributed by atoms with Crippen molar-refractivity contribution < 1.29 is 9.53 Å². The van der Waals surface area contributed by atoms with E-state index in [0.717, 1.165) is 28.8 Å². The van der Waals surface area contributed by atoms with Gasteiger partial charge in [0.25, 0.3) is 0 Å². The van der Waals surface area contributed by atoms with Crippen LogP contribution in [0.2, 0.25) is 0 Å². The molecule has 7 heteroatoms. The molecule has 0 aliphatic carbocycles. The molecule has 2 N–H and O–H groups in total. The first-order valence-corrected chi connectivity index (χ1v) is 7.99. The summed E-state index contributed by atoms with van der Waals surface area (Å²) in [5.74, 6) is -0.397. The predicted octanol–water partition coefficient (Wildman–Crippen LogP) is 3.23. The normalized spacial score (nSPS) is 10.8. The van der Waals surface area contributed by atoms with Crippen LogP contribution in [0, 0.1) is 0 Å². The molecule has 2 heterocycles. The molecule has 0 fully saturated rings. The van der Waals surface area contributed by atoms with Gasteiger partial charge in [-0.1, -0.05) is 6.92 Å². The number of rotatable bonds is 5. The molecule has 2 aromatic heterocycles. The van der Waals surface area contributed by atoms with Crippen molar-refractivity contribution in [3.8, 4) is 0 Å². The van der Waals surface area contributed by atoms with E-state index in [0.29, 0.717) is 10.6 Å². The van der Waals surface area contributed by atoms with Gasteiger partial charge in [-0.3, -0.25) is 4.68 Å². The van der Waals surface area contributed by atoms with E-state index in [1.165, 1.54) is 11.3 Å². The minimum absolute atomic E-state index is 0.178. The van der Waals surface area contributed by atoms with Gasteiger partial charge in [0, 0.05) is 6.54 Å². The number of esters is 1. The monoisotopic (exact) mass is 357 g/mol.